The van der Waals surface area contributed by atoms with Gasteiger partial charge in [0.1, 0.15) is 35.5 Å². The van der Waals surface area contributed by atoms with Crippen LogP contribution in [0.3, 0.4) is 0 Å². The van der Waals surface area contributed by atoms with Crippen LogP contribution >= 0.6 is 0 Å². The van der Waals surface area contributed by atoms with Crippen molar-refractivity contribution in [2.24, 2.45) is 5.73 Å². The third kappa shape index (κ3) is 5.93. The predicted octanol–water partition coefficient (Wildman–Crippen LogP) is 3.93. The maximum atomic E-state index is 12.6. The van der Waals surface area contributed by atoms with E-state index in [0.717, 1.165) is 0 Å². The molecule has 0 atom stereocenters. The van der Waals surface area contributed by atoms with Crippen LogP contribution in [-0.4, -0.2) is 26.0 Å². The molecule has 3 N–H and O–H groups in total. The molecule has 0 aliphatic carbocycles. The molecule has 34 heavy (non-hydrogen) atoms. The lowest BCUT2D eigenvalue weighted by molar-refractivity contribution is -0.112. The number of hydrogen-bond acceptors (Lipinski definition) is 6. The Morgan fingerprint density at radius 2 is 1.79 bits per heavy atom. The Bertz CT molecular complexity index is 1280. The van der Waals surface area contributed by atoms with E-state index < -0.39 is 11.8 Å². The van der Waals surface area contributed by atoms with E-state index in [9.17, 15) is 14.9 Å². The summed E-state index contributed by atoms with van der Waals surface area (Å²) >= 11 is 0. The number of methoxy groups -OCH3 is 2. The fourth-order valence-corrected chi connectivity index (χ4v) is 3.17. The summed E-state index contributed by atoms with van der Waals surface area (Å²) in [5.74, 6) is 0.319. The summed E-state index contributed by atoms with van der Waals surface area (Å²) in [7, 11) is 3.05. The number of carbonyl (C=O) groups excluding carboxylic acids is 2. The predicted molar refractivity (Wildman–Crippen MR) is 127 cm³/mol. The lowest BCUT2D eigenvalue weighted by Gasteiger charge is -2.13. The summed E-state index contributed by atoms with van der Waals surface area (Å²) in [6, 6.07) is 20.6. The lowest BCUT2D eigenvalue weighted by atomic mass is 10.1. The van der Waals surface area contributed by atoms with Crippen molar-refractivity contribution in [2.45, 2.75) is 6.61 Å². The van der Waals surface area contributed by atoms with E-state index >= 15 is 0 Å². The standard InChI is InChI=1S/C26H23N3O5/c1-32-21-7-5-6-20(14-21)29-26(31)18(15-27)12-17-10-11-23(33-2)19(13-17)16-34-24-9-4-3-8-22(24)25(28)30/h3-14H,16H2,1-2H3,(H2,28,30)(H,29,31). The highest BCUT2D eigenvalue weighted by atomic mass is 16.5. The number of nitriles is 1. The summed E-state index contributed by atoms with van der Waals surface area (Å²) in [6.45, 7) is 0.0764. The first-order valence-electron chi connectivity index (χ1n) is 10.2. The number of nitrogens with two attached hydrogens (primary N) is 1. The van der Waals surface area contributed by atoms with Crippen LogP contribution in [0.1, 0.15) is 21.5 Å². The molecule has 3 rings (SSSR count). The molecule has 3 aromatic rings. The van der Waals surface area contributed by atoms with Crippen LogP contribution in [-0.2, 0) is 11.4 Å². The van der Waals surface area contributed by atoms with Crippen molar-refractivity contribution in [1.82, 2.24) is 0 Å². The maximum Gasteiger partial charge on any atom is 0.266 e. The van der Waals surface area contributed by atoms with Crippen LogP contribution in [0, 0.1) is 11.3 Å². The number of para-hydroxylation sites is 1. The van der Waals surface area contributed by atoms with Gasteiger partial charge in [0.05, 0.1) is 19.8 Å². The SMILES string of the molecule is COc1cccc(NC(=O)C(C#N)=Cc2ccc(OC)c(COc3ccccc3C(N)=O)c2)c1. The van der Waals surface area contributed by atoms with Gasteiger partial charge in [0.2, 0.25) is 0 Å². The highest BCUT2D eigenvalue weighted by molar-refractivity contribution is 6.09. The van der Waals surface area contributed by atoms with Crippen molar-refractivity contribution in [2.75, 3.05) is 19.5 Å². The van der Waals surface area contributed by atoms with E-state index in [0.29, 0.717) is 34.1 Å². The number of ether oxygens (including phenoxy) is 3. The molecule has 3 aromatic carbocycles. The van der Waals surface area contributed by atoms with Gasteiger partial charge < -0.3 is 25.3 Å². The average molecular weight is 457 g/mol. The summed E-state index contributed by atoms with van der Waals surface area (Å²) in [5.41, 5.74) is 7.34. The Morgan fingerprint density at radius 1 is 1.00 bits per heavy atom. The van der Waals surface area contributed by atoms with Gasteiger partial charge in [0, 0.05) is 17.3 Å². The minimum atomic E-state index is -0.597. The van der Waals surface area contributed by atoms with E-state index in [1.165, 1.54) is 20.3 Å². The fourth-order valence-electron chi connectivity index (χ4n) is 3.17. The first-order chi connectivity index (χ1) is 16.4. The van der Waals surface area contributed by atoms with Crippen molar-refractivity contribution >= 4 is 23.6 Å². The first kappa shape index (κ1) is 23.9. The monoisotopic (exact) mass is 457 g/mol. The van der Waals surface area contributed by atoms with Crippen molar-refractivity contribution in [3.8, 4) is 23.3 Å². The molecular formula is C26H23N3O5. The van der Waals surface area contributed by atoms with E-state index in [-0.39, 0.29) is 17.7 Å². The first-order valence-corrected chi connectivity index (χ1v) is 10.2. The van der Waals surface area contributed by atoms with Crippen LogP contribution in [0.5, 0.6) is 17.2 Å². The molecule has 0 saturated heterocycles. The Hall–Kier alpha value is -4.77. The minimum Gasteiger partial charge on any atom is -0.497 e. The van der Waals surface area contributed by atoms with Crippen molar-refractivity contribution in [3.63, 3.8) is 0 Å². The van der Waals surface area contributed by atoms with Gasteiger partial charge in [-0.3, -0.25) is 9.59 Å². The molecule has 0 fully saturated rings. The van der Waals surface area contributed by atoms with Crippen LogP contribution in [0.15, 0.2) is 72.3 Å². The quantitative estimate of drug-likeness (QED) is 0.371. The average Bonchev–Trinajstić information content (AvgIpc) is 2.86. The van der Waals surface area contributed by atoms with Gasteiger partial charge in [-0.05, 0) is 48.0 Å². The zero-order chi connectivity index (χ0) is 24.5. The molecule has 0 heterocycles. The third-order valence-corrected chi connectivity index (χ3v) is 4.84. The second-order valence-corrected chi connectivity index (χ2v) is 7.08. The minimum absolute atomic E-state index is 0.0764. The summed E-state index contributed by atoms with van der Waals surface area (Å²) in [4.78, 5) is 24.3. The molecule has 0 radical (unpaired) electrons. The highest BCUT2D eigenvalue weighted by Gasteiger charge is 2.13. The van der Waals surface area contributed by atoms with Gasteiger partial charge in [0.15, 0.2) is 0 Å². The molecular weight excluding hydrogens is 434 g/mol. The normalized spacial score (nSPS) is 10.7. The second-order valence-electron chi connectivity index (χ2n) is 7.08. The van der Waals surface area contributed by atoms with E-state index in [4.69, 9.17) is 19.9 Å². The molecule has 0 bridgehead atoms. The third-order valence-electron chi connectivity index (χ3n) is 4.84. The number of primary amides is 1. The van der Waals surface area contributed by atoms with Gasteiger partial charge in [-0.1, -0.05) is 24.3 Å². The number of anilines is 1. The lowest BCUT2D eigenvalue weighted by Crippen LogP contribution is -2.13. The summed E-state index contributed by atoms with van der Waals surface area (Å²) in [5, 5.41) is 12.2. The number of benzene rings is 3. The summed E-state index contributed by atoms with van der Waals surface area (Å²) < 4.78 is 16.4. The second kappa shape index (κ2) is 11.2. The Kier molecular flexibility index (Phi) is 7.87. The Labute approximate surface area is 197 Å². The van der Waals surface area contributed by atoms with E-state index in [1.807, 2.05) is 6.07 Å². The highest BCUT2D eigenvalue weighted by Crippen LogP contribution is 2.25. The Balaban J connectivity index is 1.82. The number of hydrogen-bond donors (Lipinski definition) is 2. The fraction of sp³-hybridized carbons (Fsp3) is 0.115. The van der Waals surface area contributed by atoms with Gasteiger partial charge >= 0.3 is 0 Å². The van der Waals surface area contributed by atoms with Gasteiger partial charge in [0.25, 0.3) is 11.8 Å². The molecule has 0 aliphatic rings. The van der Waals surface area contributed by atoms with Crippen LogP contribution in [0.4, 0.5) is 5.69 Å². The van der Waals surface area contributed by atoms with Crippen molar-refractivity contribution in [3.05, 3.63) is 89.0 Å². The number of rotatable bonds is 9. The van der Waals surface area contributed by atoms with Crippen LogP contribution < -0.4 is 25.3 Å². The molecule has 0 unspecified atom stereocenters. The molecule has 172 valence electrons. The molecule has 8 heteroatoms. The van der Waals surface area contributed by atoms with Gasteiger partial charge in [-0.2, -0.15) is 5.26 Å². The zero-order valence-corrected chi connectivity index (χ0v) is 18.7. The topological polar surface area (TPSA) is 124 Å². The van der Waals surface area contributed by atoms with Crippen molar-refractivity contribution < 1.29 is 23.8 Å². The van der Waals surface area contributed by atoms with E-state index in [2.05, 4.69) is 5.32 Å². The molecule has 0 aliphatic heterocycles. The molecule has 8 nitrogen and oxygen atoms in total. The number of nitrogens with one attached hydrogen (secondary N) is 1. The van der Waals surface area contributed by atoms with Crippen molar-refractivity contribution in [1.29, 1.82) is 5.26 Å². The van der Waals surface area contributed by atoms with Crippen LogP contribution in [0.25, 0.3) is 6.08 Å². The van der Waals surface area contributed by atoms with Gasteiger partial charge in [-0.25, -0.2) is 0 Å². The largest absolute Gasteiger partial charge is 0.497 e. The Morgan fingerprint density at radius 3 is 2.50 bits per heavy atom. The van der Waals surface area contributed by atoms with Gasteiger partial charge in [-0.15, -0.1) is 0 Å². The summed E-state index contributed by atoms with van der Waals surface area (Å²) in [6.07, 6.45) is 1.47. The van der Waals surface area contributed by atoms with E-state index in [1.54, 1.807) is 66.7 Å². The molecule has 0 aromatic heterocycles. The number of nitrogens with zero attached hydrogens (tertiary/aromatic N) is 1. The maximum absolute atomic E-state index is 12.6. The van der Waals surface area contributed by atoms with Crippen LogP contribution in [0.2, 0.25) is 0 Å². The molecule has 0 saturated carbocycles. The molecule has 2 amide bonds. The number of carbonyl (C=O) groups is 2. The zero-order valence-electron chi connectivity index (χ0n) is 18.7. The molecule has 0 spiro atoms. The smallest absolute Gasteiger partial charge is 0.266 e. The number of amides is 2.